The van der Waals surface area contributed by atoms with Crippen molar-refractivity contribution in [2.45, 2.75) is 50.8 Å². The Bertz CT molecular complexity index is 689. The summed E-state index contributed by atoms with van der Waals surface area (Å²) in [6.45, 7) is 2.68. The van der Waals surface area contributed by atoms with Gasteiger partial charge in [0.15, 0.2) is 0 Å². The number of rotatable bonds is 4. The number of carbonyl (C=O) groups excluding carboxylic acids is 1. The molecule has 1 aliphatic heterocycles. The molecule has 1 aromatic heterocycles. The summed E-state index contributed by atoms with van der Waals surface area (Å²) in [7, 11) is 0. The lowest BCUT2D eigenvalue weighted by Crippen LogP contribution is -2.47. The molecule has 1 aromatic carbocycles. The lowest BCUT2D eigenvalue weighted by atomic mass is 10.0. The van der Waals surface area contributed by atoms with Gasteiger partial charge in [-0.3, -0.25) is 0 Å². The number of urea groups is 1. The van der Waals surface area contributed by atoms with Crippen LogP contribution < -0.4 is 10.6 Å². The molecule has 2 amide bonds. The Labute approximate surface area is 141 Å². The molecule has 0 spiro atoms. The topological polar surface area (TPSA) is 63.5 Å². The van der Waals surface area contributed by atoms with E-state index >= 15 is 0 Å². The number of amides is 2. The van der Waals surface area contributed by atoms with Crippen LogP contribution in [0.25, 0.3) is 11.0 Å². The standard InChI is InChI=1S/C19H24N2O3/c1-12(17-10-14-4-2-3-5-16(14)24-17)20-19(22)21-15-8-9-23-18(11-15)13-6-7-13/h2-5,10,12-13,15,18H,6-9,11H2,1H3,(H2,20,21,22)/t12-,15?,18?/m0/s1. The van der Waals surface area contributed by atoms with Gasteiger partial charge in [0.2, 0.25) is 0 Å². The molecule has 2 aliphatic rings. The highest BCUT2D eigenvalue weighted by atomic mass is 16.5. The highest BCUT2D eigenvalue weighted by Crippen LogP contribution is 2.38. The maximum Gasteiger partial charge on any atom is 0.315 e. The molecule has 2 aromatic rings. The molecule has 128 valence electrons. The van der Waals surface area contributed by atoms with Crippen molar-refractivity contribution in [1.29, 1.82) is 0 Å². The van der Waals surface area contributed by atoms with Gasteiger partial charge in [0.25, 0.3) is 0 Å². The number of hydrogen-bond donors (Lipinski definition) is 2. The molecule has 0 bridgehead atoms. The van der Waals surface area contributed by atoms with Crippen molar-refractivity contribution in [2.24, 2.45) is 5.92 Å². The first kappa shape index (κ1) is 15.5. The van der Waals surface area contributed by atoms with Crippen molar-refractivity contribution in [3.63, 3.8) is 0 Å². The van der Waals surface area contributed by atoms with Crippen LogP contribution in [0.5, 0.6) is 0 Å². The van der Waals surface area contributed by atoms with Crippen LogP contribution in [0.3, 0.4) is 0 Å². The average molecular weight is 328 g/mol. The third-order valence-electron chi connectivity index (χ3n) is 5.02. The van der Waals surface area contributed by atoms with Gasteiger partial charge in [-0.1, -0.05) is 18.2 Å². The van der Waals surface area contributed by atoms with Crippen molar-refractivity contribution in [3.8, 4) is 0 Å². The zero-order valence-electron chi connectivity index (χ0n) is 14.0. The molecule has 1 aliphatic carbocycles. The van der Waals surface area contributed by atoms with E-state index in [0.717, 1.165) is 36.2 Å². The van der Waals surface area contributed by atoms with Gasteiger partial charge in [-0.15, -0.1) is 0 Å². The molecule has 2 N–H and O–H groups in total. The maximum absolute atomic E-state index is 12.3. The van der Waals surface area contributed by atoms with Gasteiger partial charge in [-0.2, -0.15) is 0 Å². The van der Waals surface area contributed by atoms with Crippen molar-refractivity contribution in [3.05, 3.63) is 36.1 Å². The number of hydrogen-bond acceptors (Lipinski definition) is 3. The number of ether oxygens (including phenoxy) is 1. The normalized spacial score (nSPS) is 25.4. The molecule has 2 unspecified atom stereocenters. The van der Waals surface area contributed by atoms with Gasteiger partial charge in [-0.05, 0) is 50.7 Å². The first-order valence-corrected chi connectivity index (χ1v) is 8.86. The van der Waals surface area contributed by atoms with Crippen LogP contribution in [0, 0.1) is 5.92 Å². The molecule has 2 heterocycles. The summed E-state index contributed by atoms with van der Waals surface area (Å²) >= 11 is 0. The molecule has 4 rings (SSSR count). The monoisotopic (exact) mass is 328 g/mol. The highest BCUT2D eigenvalue weighted by molar-refractivity contribution is 5.78. The van der Waals surface area contributed by atoms with Crippen LogP contribution in [0.2, 0.25) is 0 Å². The molecular weight excluding hydrogens is 304 g/mol. The molecule has 5 heteroatoms. The van der Waals surface area contributed by atoms with E-state index < -0.39 is 0 Å². The van der Waals surface area contributed by atoms with E-state index in [1.807, 2.05) is 37.3 Å². The van der Waals surface area contributed by atoms with Gasteiger partial charge >= 0.3 is 6.03 Å². The number of furan rings is 1. The summed E-state index contributed by atoms with van der Waals surface area (Å²) in [6, 6.07) is 9.75. The predicted molar refractivity (Wildman–Crippen MR) is 91.8 cm³/mol. The SMILES string of the molecule is C[C@H](NC(=O)NC1CCOC(C2CC2)C1)c1cc2ccccc2o1. The van der Waals surface area contributed by atoms with Crippen LogP contribution in [0.15, 0.2) is 34.7 Å². The fraction of sp³-hybridized carbons (Fsp3) is 0.526. The Hall–Kier alpha value is -2.01. The third-order valence-corrected chi connectivity index (χ3v) is 5.02. The second-order valence-corrected chi connectivity index (χ2v) is 6.99. The third kappa shape index (κ3) is 3.41. The Morgan fingerprint density at radius 2 is 2.08 bits per heavy atom. The second kappa shape index (κ2) is 6.48. The Morgan fingerprint density at radius 3 is 2.88 bits per heavy atom. The van der Waals surface area contributed by atoms with E-state index in [-0.39, 0.29) is 18.1 Å². The van der Waals surface area contributed by atoms with Gasteiger partial charge in [-0.25, -0.2) is 4.79 Å². The smallest absolute Gasteiger partial charge is 0.315 e. The lowest BCUT2D eigenvalue weighted by Gasteiger charge is -2.30. The molecule has 2 fully saturated rings. The minimum absolute atomic E-state index is 0.135. The lowest BCUT2D eigenvalue weighted by molar-refractivity contribution is -0.00918. The number of para-hydroxylation sites is 1. The first-order valence-electron chi connectivity index (χ1n) is 8.86. The van der Waals surface area contributed by atoms with Gasteiger partial charge in [0.1, 0.15) is 11.3 Å². The van der Waals surface area contributed by atoms with Crippen LogP contribution in [-0.4, -0.2) is 24.8 Å². The van der Waals surface area contributed by atoms with Crippen molar-refractivity contribution in [1.82, 2.24) is 10.6 Å². The first-order chi connectivity index (χ1) is 11.7. The van der Waals surface area contributed by atoms with E-state index in [2.05, 4.69) is 10.6 Å². The van der Waals surface area contributed by atoms with Crippen LogP contribution in [0.4, 0.5) is 4.79 Å². The van der Waals surface area contributed by atoms with E-state index in [1.165, 1.54) is 12.8 Å². The zero-order valence-corrected chi connectivity index (χ0v) is 14.0. The Kier molecular flexibility index (Phi) is 4.19. The molecule has 3 atom stereocenters. The van der Waals surface area contributed by atoms with Crippen molar-refractivity contribution < 1.29 is 13.9 Å². The Morgan fingerprint density at radius 1 is 1.25 bits per heavy atom. The van der Waals surface area contributed by atoms with E-state index in [0.29, 0.717) is 12.0 Å². The molecule has 1 saturated heterocycles. The largest absolute Gasteiger partial charge is 0.459 e. The summed E-state index contributed by atoms with van der Waals surface area (Å²) < 4.78 is 11.6. The molecule has 5 nitrogen and oxygen atoms in total. The molecule has 1 saturated carbocycles. The Balaban J connectivity index is 1.33. The van der Waals surface area contributed by atoms with Crippen LogP contribution in [-0.2, 0) is 4.74 Å². The minimum atomic E-state index is -0.170. The number of carbonyl (C=O) groups is 1. The fourth-order valence-electron chi connectivity index (χ4n) is 3.47. The van der Waals surface area contributed by atoms with Crippen molar-refractivity contribution in [2.75, 3.05) is 6.61 Å². The number of nitrogens with one attached hydrogen (secondary N) is 2. The fourth-order valence-corrected chi connectivity index (χ4v) is 3.47. The molecule has 24 heavy (non-hydrogen) atoms. The van der Waals surface area contributed by atoms with E-state index in [4.69, 9.17) is 9.15 Å². The average Bonchev–Trinajstić information content (AvgIpc) is 3.33. The minimum Gasteiger partial charge on any atom is -0.459 e. The quantitative estimate of drug-likeness (QED) is 0.898. The van der Waals surface area contributed by atoms with Gasteiger partial charge < -0.3 is 19.8 Å². The maximum atomic E-state index is 12.3. The summed E-state index contributed by atoms with van der Waals surface area (Å²) in [5, 5.41) is 7.13. The van der Waals surface area contributed by atoms with E-state index in [1.54, 1.807) is 0 Å². The molecular formula is C19H24N2O3. The van der Waals surface area contributed by atoms with Crippen molar-refractivity contribution >= 4 is 17.0 Å². The van der Waals surface area contributed by atoms with Gasteiger partial charge in [0, 0.05) is 18.0 Å². The number of fused-ring (bicyclic) bond motifs is 1. The number of benzene rings is 1. The van der Waals surface area contributed by atoms with E-state index in [9.17, 15) is 4.79 Å². The summed E-state index contributed by atoms with van der Waals surface area (Å²) in [5.41, 5.74) is 0.846. The predicted octanol–water partition coefficient (Wildman–Crippen LogP) is 3.75. The zero-order chi connectivity index (χ0) is 16.5. The second-order valence-electron chi connectivity index (χ2n) is 6.99. The van der Waals surface area contributed by atoms with Gasteiger partial charge in [0.05, 0.1) is 12.1 Å². The summed E-state index contributed by atoms with van der Waals surface area (Å²) in [5.74, 6) is 1.49. The van der Waals surface area contributed by atoms with Crippen LogP contribution in [0.1, 0.15) is 44.4 Å². The van der Waals surface area contributed by atoms with Crippen LogP contribution >= 0.6 is 0 Å². The molecule has 0 radical (unpaired) electrons. The summed E-state index contributed by atoms with van der Waals surface area (Å²) in [6.07, 6.45) is 4.68. The summed E-state index contributed by atoms with van der Waals surface area (Å²) in [4.78, 5) is 12.3. The highest BCUT2D eigenvalue weighted by Gasteiger charge is 2.36.